The van der Waals surface area contributed by atoms with E-state index in [1.54, 1.807) is 0 Å². The van der Waals surface area contributed by atoms with Gasteiger partial charge < -0.3 is 10.0 Å². The Kier molecular flexibility index (Phi) is 4.63. The normalized spacial score (nSPS) is 19.7. The van der Waals surface area contributed by atoms with Crippen LogP contribution < -0.4 is 4.90 Å². The van der Waals surface area contributed by atoms with Gasteiger partial charge in [0.15, 0.2) is 0 Å². The molecule has 2 heteroatoms. The zero-order valence-corrected chi connectivity index (χ0v) is 9.90. The molecule has 1 heterocycles. The third kappa shape index (κ3) is 3.24. The summed E-state index contributed by atoms with van der Waals surface area (Å²) in [5.41, 5.74) is 2.51. The van der Waals surface area contributed by atoms with Crippen molar-refractivity contribution >= 4 is 5.69 Å². The van der Waals surface area contributed by atoms with Gasteiger partial charge in [0, 0.05) is 18.8 Å². The Bertz CT molecular complexity index is 281. The molecule has 0 amide bonds. The first kappa shape index (κ1) is 12.1. The van der Waals surface area contributed by atoms with E-state index >= 15 is 0 Å². The van der Waals surface area contributed by atoms with Gasteiger partial charge >= 0.3 is 0 Å². The fraction of sp³-hybridized carbons (Fsp3) is 0.538. The summed E-state index contributed by atoms with van der Waals surface area (Å²) in [7, 11) is 0. The predicted molar refractivity (Wildman–Crippen MR) is 65.4 cm³/mol. The summed E-state index contributed by atoms with van der Waals surface area (Å²) in [4.78, 5) is 2.23. The molecule has 0 radical (unpaired) electrons. The number of nitrogens with zero attached hydrogens (tertiary/aromatic N) is 1. The second kappa shape index (κ2) is 5.76. The van der Waals surface area contributed by atoms with Crippen LogP contribution in [0, 0.1) is 6.92 Å². The maximum Gasteiger partial charge on any atom is 0.0731 e. The minimum Gasteiger partial charge on any atom is -0.391 e. The molecular formula is C13H21NO. The molecule has 2 rings (SSSR count). The van der Waals surface area contributed by atoms with Crippen molar-refractivity contribution < 1.29 is 5.11 Å². The fourth-order valence-electron chi connectivity index (χ4n) is 1.73. The van der Waals surface area contributed by atoms with E-state index in [2.05, 4.69) is 36.1 Å². The first-order valence-corrected chi connectivity index (χ1v) is 5.75. The average Bonchev–Trinajstić information content (AvgIpc) is 2.69. The Hall–Kier alpha value is -1.02. The standard InChI is InChI=1S/C11H15NO.C2H6/c1-9-2-4-10(5-3-9)12-7-6-11(13)8-12;1-2/h2-5,11,13H,6-8H2,1H3;1-2H3/t11-;/m0./s1. The van der Waals surface area contributed by atoms with Crippen molar-refractivity contribution in [3.05, 3.63) is 29.8 Å². The van der Waals surface area contributed by atoms with Crippen molar-refractivity contribution in [2.75, 3.05) is 18.0 Å². The van der Waals surface area contributed by atoms with E-state index in [-0.39, 0.29) is 6.10 Å². The maximum atomic E-state index is 9.37. The summed E-state index contributed by atoms with van der Waals surface area (Å²) in [5.74, 6) is 0. The number of benzene rings is 1. The van der Waals surface area contributed by atoms with Crippen molar-refractivity contribution in [2.24, 2.45) is 0 Å². The molecule has 15 heavy (non-hydrogen) atoms. The highest BCUT2D eigenvalue weighted by Gasteiger charge is 2.19. The van der Waals surface area contributed by atoms with E-state index in [1.807, 2.05) is 13.8 Å². The molecule has 0 bridgehead atoms. The highest BCUT2D eigenvalue weighted by molar-refractivity contribution is 5.48. The Labute approximate surface area is 92.5 Å². The van der Waals surface area contributed by atoms with Gasteiger partial charge in [0.1, 0.15) is 0 Å². The Balaban J connectivity index is 0.000000531. The second-order valence-corrected chi connectivity index (χ2v) is 3.72. The average molecular weight is 207 g/mol. The molecule has 0 aromatic heterocycles. The molecule has 1 atom stereocenters. The zero-order chi connectivity index (χ0) is 11.3. The Morgan fingerprint density at radius 1 is 1.20 bits per heavy atom. The Morgan fingerprint density at radius 2 is 1.80 bits per heavy atom. The lowest BCUT2D eigenvalue weighted by Crippen LogP contribution is -2.20. The first-order chi connectivity index (χ1) is 7.25. The molecule has 0 aliphatic carbocycles. The summed E-state index contributed by atoms with van der Waals surface area (Å²) in [5, 5.41) is 9.37. The number of aliphatic hydroxyl groups excluding tert-OH is 1. The minimum absolute atomic E-state index is 0.138. The fourth-order valence-corrected chi connectivity index (χ4v) is 1.73. The molecule has 1 saturated heterocycles. The molecular weight excluding hydrogens is 186 g/mol. The lowest BCUT2D eigenvalue weighted by molar-refractivity contribution is 0.198. The summed E-state index contributed by atoms with van der Waals surface area (Å²) in [6.07, 6.45) is 0.759. The van der Waals surface area contributed by atoms with E-state index in [1.165, 1.54) is 11.3 Å². The van der Waals surface area contributed by atoms with Gasteiger partial charge in [0.05, 0.1) is 6.10 Å². The summed E-state index contributed by atoms with van der Waals surface area (Å²) in [6, 6.07) is 8.46. The van der Waals surface area contributed by atoms with Crippen LogP contribution in [0.3, 0.4) is 0 Å². The van der Waals surface area contributed by atoms with Crippen LogP contribution in [0.25, 0.3) is 0 Å². The lowest BCUT2D eigenvalue weighted by Gasteiger charge is -2.17. The second-order valence-electron chi connectivity index (χ2n) is 3.72. The number of aryl methyl sites for hydroxylation is 1. The molecule has 0 saturated carbocycles. The third-order valence-electron chi connectivity index (χ3n) is 2.56. The molecule has 0 unspecified atom stereocenters. The van der Waals surface area contributed by atoms with Gasteiger partial charge in [0.25, 0.3) is 0 Å². The molecule has 1 N–H and O–H groups in total. The number of anilines is 1. The molecule has 1 aromatic carbocycles. The molecule has 2 nitrogen and oxygen atoms in total. The number of hydrogen-bond donors (Lipinski definition) is 1. The van der Waals surface area contributed by atoms with E-state index in [9.17, 15) is 5.11 Å². The Morgan fingerprint density at radius 3 is 2.27 bits per heavy atom. The van der Waals surface area contributed by atoms with Crippen LogP contribution in [-0.4, -0.2) is 24.3 Å². The van der Waals surface area contributed by atoms with Crippen molar-refractivity contribution in [3.8, 4) is 0 Å². The quantitative estimate of drug-likeness (QED) is 0.765. The van der Waals surface area contributed by atoms with Gasteiger partial charge in [-0.3, -0.25) is 0 Å². The van der Waals surface area contributed by atoms with E-state index in [4.69, 9.17) is 0 Å². The van der Waals surface area contributed by atoms with Gasteiger partial charge in [-0.15, -0.1) is 0 Å². The number of aliphatic hydroxyl groups is 1. The van der Waals surface area contributed by atoms with Crippen LogP contribution in [0.1, 0.15) is 25.8 Å². The number of hydrogen-bond acceptors (Lipinski definition) is 2. The van der Waals surface area contributed by atoms with Crippen LogP contribution in [0.4, 0.5) is 5.69 Å². The largest absolute Gasteiger partial charge is 0.391 e. The van der Waals surface area contributed by atoms with Gasteiger partial charge in [-0.05, 0) is 25.5 Å². The van der Waals surface area contributed by atoms with Crippen LogP contribution in [0.2, 0.25) is 0 Å². The SMILES string of the molecule is CC.Cc1ccc(N2CC[C@H](O)C2)cc1. The highest BCUT2D eigenvalue weighted by atomic mass is 16.3. The zero-order valence-electron chi connectivity index (χ0n) is 9.90. The monoisotopic (exact) mass is 207 g/mol. The predicted octanol–water partition coefficient (Wildman–Crippen LogP) is 2.59. The van der Waals surface area contributed by atoms with E-state index in [0.29, 0.717) is 0 Å². The van der Waals surface area contributed by atoms with Crippen molar-refractivity contribution in [1.82, 2.24) is 0 Å². The van der Waals surface area contributed by atoms with Crippen LogP contribution >= 0.6 is 0 Å². The minimum atomic E-state index is -0.138. The molecule has 84 valence electrons. The summed E-state index contributed by atoms with van der Waals surface area (Å²) < 4.78 is 0. The van der Waals surface area contributed by atoms with Gasteiger partial charge in [-0.1, -0.05) is 31.5 Å². The van der Waals surface area contributed by atoms with Crippen LogP contribution in [0.5, 0.6) is 0 Å². The molecule has 1 aliphatic rings. The van der Waals surface area contributed by atoms with Crippen molar-refractivity contribution in [2.45, 2.75) is 33.3 Å². The topological polar surface area (TPSA) is 23.5 Å². The van der Waals surface area contributed by atoms with Gasteiger partial charge in [-0.2, -0.15) is 0 Å². The summed E-state index contributed by atoms with van der Waals surface area (Å²) >= 11 is 0. The molecule has 1 fully saturated rings. The molecule has 0 spiro atoms. The van der Waals surface area contributed by atoms with E-state index in [0.717, 1.165) is 19.5 Å². The lowest BCUT2D eigenvalue weighted by atomic mass is 10.2. The van der Waals surface area contributed by atoms with Gasteiger partial charge in [0.2, 0.25) is 0 Å². The van der Waals surface area contributed by atoms with Crippen LogP contribution in [-0.2, 0) is 0 Å². The number of rotatable bonds is 1. The highest BCUT2D eigenvalue weighted by Crippen LogP contribution is 2.20. The van der Waals surface area contributed by atoms with Gasteiger partial charge in [-0.25, -0.2) is 0 Å². The molecule has 1 aromatic rings. The van der Waals surface area contributed by atoms with E-state index < -0.39 is 0 Å². The third-order valence-corrected chi connectivity index (χ3v) is 2.56. The molecule has 1 aliphatic heterocycles. The summed E-state index contributed by atoms with van der Waals surface area (Å²) in [6.45, 7) is 7.84. The maximum absolute atomic E-state index is 9.37. The van der Waals surface area contributed by atoms with Crippen molar-refractivity contribution in [1.29, 1.82) is 0 Å². The first-order valence-electron chi connectivity index (χ1n) is 5.75. The van der Waals surface area contributed by atoms with Crippen LogP contribution in [0.15, 0.2) is 24.3 Å². The number of β-amino-alcohol motifs (C(OH)–C–C–N with tert-alkyl or cyclic N) is 1. The smallest absolute Gasteiger partial charge is 0.0731 e. The van der Waals surface area contributed by atoms with Crippen molar-refractivity contribution in [3.63, 3.8) is 0 Å².